The third-order valence-corrected chi connectivity index (χ3v) is 5.95. The SMILES string of the molecule is CCNC(=O)OCc1cc(C(COC(=O)NC)c2ccc(OC)cc2)n2c1Cc1ccccc1-2. The van der Waals surface area contributed by atoms with Gasteiger partial charge in [0.05, 0.1) is 13.0 Å². The number of ether oxygens (including phenoxy) is 3. The predicted octanol–water partition coefficient (Wildman–Crippen LogP) is 4.12. The van der Waals surface area contributed by atoms with Crippen LogP contribution in [0.4, 0.5) is 9.59 Å². The van der Waals surface area contributed by atoms with Gasteiger partial charge in [-0.05, 0) is 42.3 Å². The maximum Gasteiger partial charge on any atom is 0.407 e. The summed E-state index contributed by atoms with van der Waals surface area (Å²) >= 11 is 0. The Kier molecular flexibility index (Phi) is 7.06. The number of fused-ring (bicyclic) bond motifs is 3. The Labute approximate surface area is 198 Å². The van der Waals surface area contributed by atoms with E-state index in [9.17, 15) is 9.59 Å². The molecule has 0 spiro atoms. The largest absolute Gasteiger partial charge is 0.497 e. The average Bonchev–Trinajstić information content (AvgIpc) is 3.41. The maximum absolute atomic E-state index is 12.0. The second-order valence-corrected chi connectivity index (χ2v) is 7.96. The predicted molar refractivity (Wildman–Crippen MR) is 128 cm³/mol. The van der Waals surface area contributed by atoms with Gasteiger partial charge in [-0.25, -0.2) is 9.59 Å². The highest BCUT2D eigenvalue weighted by atomic mass is 16.6. The summed E-state index contributed by atoms with van der Waals surface area (Å²) < 4.78 is 18.5. The number of aromatic nitrogens is 1. The van der Waals surface area contributed by atoms with E-state index in [2.05, 4.69) is 27.3 Å². The fourth-order valence-corrected chi connectivity index (χ4v) is 4.30. The lowest BCUT2D eigenvalue weighted by atomic mass is 9.95. The van der Waals surface area contributed by atoms with Crippen molar-refractivity contribution >= 4 is 12.2 Å². The number of alkyl carbamates (subject to hydrolysis) is 2. The van der Waals surface area contributed by atoms with Crippen LogP contribution >= 0.6 is 0 Å². The number of nitrogens with one attached hydrogen (secondary N) is 2. The van der Waals surface area contributed by atoms with Crippen molar-refractivity contribution in [1.29, 1.82) is 0 Å². The number of hydrogen-bond acceptors (Lipinski definition) is 5. The molecule has 34 heavy (non-hydrogen) atoms. The van der Waals surface area contributed by atoms with Crippen LogP contribution in [0.1, 0.15) is 40.9 Å². The molecule has 0 aliphatic carbocycles. The zero-order valence-electron chi connectivity index (χ0n) is 19.6. The number of para-hydroxylation sites is 1. The van der Waals surface area contributed by atoms with Crippen LogP contribution in [-0.2, 0) is 22.5 Å². The number of rotatable bonds is 8. The molecule has 1 atom stereocenters. The van der Waals surface area contributed by atoms with E-state index in [-0.39, 0.29) is 19.1 Å². The summed E-state index contributed by atoms with van der Waals surface area (Å²) in [4.78, 5) is 23.9. The zero-order chi connectivity index (χ0) is 24.1. The number of methoxy groups -OCH3 is 1. The first-order chi connectivity index (χ1) is 16.5. The summed E-state index contributed by atoms with van der Waals surface area (Å²) in [5.41, 5.74) is 6.21. The lowest BCUT2D eigenvalue weighted by Crippen LogP contribution is -2.23. The van der Waals surface area contributed by atoms with Crippen LogP contribution < -0.4 is 15.4 Å². The second kappa shape index (κ2) is 10.3. The second-order valence-electron chi connectivity index (χ2n) is 7.96. The van der Waals surface area contributed by atoms with E-state index in [4.69, 9.17) is 14.2 Å². The molecular weight excluding hydrogens is 434 g/mol. The molecule has 0 radical (unpaired) electrons. The molecule has 0 saturated heterocycles. The Morgan fingerprint density at radius 3 is 2.53 bits per heavy atom. The van der Waals surface area contributed by atoms with E-state index in [1.807, 2.05) is 49.4 Å². The lowest BCUT2D eigenvalue weighted by Gasteiger charge is -2.20. The van der Waals surface area contributed by atoms with Crippen LogP contribution in [0, 0.1) is 0 Å². The van der Waals surface area contributed by atoms with Gasteiger partial charge in [0, 0.05) is 42.7 Å². The van der Waals surface area contributed by atoms with Gasteiger partial charge in [-0.1, -0.05) is 30.3 Å². The van der Waals surface area contributed by atoms with Gasteiger partial charge in [0.2, 0.25) is 0 Å². The van der Waals surface area contributed by atoms with Gasteiger partial charge in [0.1, 0.15) is 19.0 Å². The van der Waals surface area contributed by atoms with Crippen molar-refractivity contribution in [3.05, 3.63) is 82.7 Å². The average molecular weight is 464 g/mol. The number of hydrogen-bond donors (Lipinski definition) is 2. The minimum absolute atomic E-state index is 0.147. The van der Waals surface area contributed by atoms with Crippen molar-refractivity contribution < 1.29 is 23.8 Å². The molecule has 3 aromatic rings. The number of nitrogens with zero attached hydrogens (tertiary/aromatic N) is 1. The molecule has 0 saturated carbocycles. The summed E-state index contributed by atoms with van der Waals surface area (Å²) in [6.07, 6.45) is -0.211. The minimum Gasteiger partial charge on any atom is -0.497 e. The van der Waals surface area contributed by atoms with Gasteiger partial charge in [-0.15, -0.1) is 0 Å². The molecule has 1 aromatic heterocycles. The van der Waals surface area contributed by atoms with Gasteiger partial charge in [0.15, 0.2) is 0 Å². The van der Waals surface area contributed by atoms with E-state index >= 15 is 0 Å². The summed E-state index contributed by atoms with van der Waals surface area (Å²) in [7, 11) is 3.16. The van der Waals surface area contributed by atoms with E-state index in [0.717, 1.165) is 40.4 Å². The normalized spacial score (nSPS) is 12.3. The fraction of sp³-hybridized carbons (Fsp3) is 0.308. The van der Waals surface area contributed by atoms with Crippen molar-refractivity contribution in [2.45, 2.75) is 25.9 Å². The highest BCUT2D eigenvalue weighted by Gasteiger charge is 2.30. The van der Waals surface area contributed by atoms with Crippen LogP contribution in [-0.4, -0.2) is 44.1 Å². The molecule has 2 amide bonds. The summed E-state index contributed by atoms with van der Waals surface area (Å²) in [6.45, 7) is 2.65. The van der Waals surface area contributed by atoms with Gasteiger partial charge in [-0.2, -0.15) is 0 Å². The number of amides is 2. The topological polar surface area (TPSA) is 90.8 Å². The van der Waals surface area contributed by atoms with E-state index in [1.165, 1.54) is 12.6 Å². The summed E-state index contributed by atoms with van der Waals surface area (Å²) in [5.74, 6) is 0.503. The third-order valence-electron chi connectivity index (χ3n) is 5.95. The molecule has 4 rings (SSSR count). The van der Waals surface area contributed by atoms with Crippen LogP contribution in [0.25, 0.3) is 5.69 Å². The fourth-order valence-electron chi connectivity index (χ4n) is 4.30. The van der Waals surface area contributed by atoms with E-state index < -0.39 is 12.2 Å². The van der Waals surface area contributed by atoms with Gasteiger partial charge in [0.25, 0.3) is 0 Å². The molecule has 8 heteroatoms. The minimum atomic E-state index is -0.494. The lowest BCUT2D eigenvalue weighted by molar-refractivity contribution is 0.139. The molecule has 1 aliphatic rings. The van der Waals surface area contributed by atoms with Crippen molar-refractivity contribution in [3.8, 4) is 11.4 Å². The van der Waals surface area contributed by atoms with Gasteiger partial charge in [-0.3, -0.25) is 0 Å². The zero-order valence-corrected chi connectivity index (χ0v) is 19.6. The first-order valence-electron chi connectivity index (χ1n) is 11.3. The summed E-state index contributed by atoms with van der Waals surface area (Å²) in [5, 5.41) is 5.17. The highest BCUT2D eigenvalue weighted by Crippen LogP contribution is 2.38. The van der Waals surface area contributed by atoms with Gasteiger partial charge >= 0.3 is 12.2 Å². The van der Waals surface area contributed by atoms with Gasteiger partial charge < -0.3 is 29.4 Å². The molecule has 178 valence electrons. The van der Waals surface area contributed by atoms with Crippen molar-refractivity contribution in [2.75, 3.05) is 27.3 Å². The standard InChI is InChI=1S/C26H29N3O5/c1-4-28-26(31)33-15-19-14-24(29-22-8-6-5-7-18(22)13-23(19)29)21(16-34-25(30)27-2)17-9-11-20(32-3)12-10-17/h5-12,14,21H,4,13,15-16H2,1-3H3,(H,27,30)(H,28,31). The first kappa shape index (κ1) is 23.2. The quantitative estimate of drug-likeness (QED) is 0.410. The van der Waals surface area contributed by atoms with E-state index in [0.29, 0.717) is 6.54 Å². The molecular formula is C26H29N3O5. The Balaban J connectivity index is 1.77. The Hall–Kier alpha value is -3.94. The molecule has 0 fully saturated rings. The number of benzene rings is 2. The molecule has 1 unspecified atom stereocenters. The molecule has 8 nitrogen and oxygen atoms in total. The molecule has 1 aliphatic heterocycles. The van der Waals surface area contributed by atoms with Crippen LogP contribution in [0.3, 0.4) is 0 Å². The van der Waals surface area contributed by atoms with Crippen LogP contribution in [0.5, 0.6) is 5.75 Å². The van der Waals surface area contributed by atoms with Crippen LogP contribution in [0.15, 0.2) is 54.6 Å². The summed E-state index contributed by atoms with van der Waals surface area (Å²) in [6, 6.07) is 18.0. The molecule has 2 aromatic carbocycles. The number of carbonyl (C=O) groups is 2. The molecule has 0 bridgehead atoms. The molecule has 2 heterocycles. The Bertz CT molecular complexity index is 1170. The van der Waals surface area contributed by atoms with Crippen molar-refractivity contribution in [3.63, 3.8) is 0 Å². The maximum atomic E-state index is 12.0. The van der Waals surface area contributed by atoms with Crippen molar-refractivity contribution in [2.24, 2.45) is 0 Å². The first-order valence-corrected chi connectivity index (χ1v) is 11.3. The Morgan fingerprint density at radius 2 is 1.82 bits per heavy atom. The number of carbonyl (C=O) groups excluding carboxylic acids is 2. The van der Waals surface area contributed by atoms with Crippen LogP contribution in [0.2, 0.25) is 0 Å². The van der Waals surface area contributed by atoms with E-state index in [1.54, 1.807) is 7.11 Å². The Morgan fingerprint density at radius 1 is 1.06 bits per heavy atom. The molecule has 2 N–H and O–H groups in total. The smallest absolute Gasteiger partial charge is 0.407 e. The monoisotopic (exact) mass is 463 g/mol. The third kappa shape index (κ3) is 4.71. The van der Waals surface area contributed by atoms with Crippen molar-refractivity contribution in [1.82, 2.24) is 15.2 Å². The highest BCUT2D eigenvalue weighted by molar-refractivity contribution is 5.67.